The molecule has 0 aliphatic carbocycles. The first-order valence-electron chi connectivity index (χ1n) is 6.85. The van der Waals surface area contributed by atoms with Crippen LogP contribution in [0.1, 0.15) is 19.8 Å². The van der Waals surface area contributed by atoms with E-state index in [4.69, 9.17) is 5.11 Å². The van der Waals surface area contributed by atoms with E-state index in [1.807, 2.05) is 6.92 Å². The summed E-state index contributed by atoms with van der Waals surface area (Å²) in [4.78, 5) is 0.391. The zero-order valence-electron chi connectivity index (χ0n) is 11.8. The maximum absolute atomic E-state index is 11.9. The molecule has 0 bridgehead atoms. The van der Waals surface area contributed by atoms with Crippen LogP contribution >= 0.6 is 11.8 Å². The topological polar surface area (TPSA) is 66.4 Å². The standard InChI is InChI=1S/C14H23NO3S2/c1-2-12-20(17,18)14-6-4-13(5-7-14)15-8-11-19-10-3-9-16/h4-7,15-16H,2-3,8-12H2,1H3. The fraction of sp³-hybridized carbons (Fsp3) is 0.571. The van der Waals surface area contributed by atoms with Crippen molar-refractivity contribution in [2.75, 3.05) is 35.7 Å². The summed E-state index contributed by atoms with van der Waals surface area (Å²) >= 11 is 1.79. The van der Waals surface area contributed by atoms with Crippen molar-refractivity contribution >= 4 is 27.3 Å². The monoisotopic (exact) mass is 317 g/mol. The molecule has 2 N–H and O–H groups in total. The van der Waals surface area contributed by atoms with E-state index >= 15 is 0 Å². The quantitative estimate of drug-likeness (QED) is 0.649. The molecule has 6 heteroatoms. The van der Waals surface area contributed by atoms with E-state index in [2.05, 4.69) is 5.32 Å². The molecule has 0 saturated carbocycles. The summed E-state index contributed by atoms with van der Waals surface area (Å²) in [5, 5.41) is 11.9. The maximum atomic E-state index is 11.9. The maximum Gasteiger partial charge on any atom is 0.178 e. The summed E-state index contributed by atoms with van der Waals surface area (Å²) in [5.74, 6) is 2.13. The zero-order chi connectivity index (χ0) is 14.8. The van der Waals surface area contributed by atoms with Gasteiger partial charge in [0.05, 0.1) is 10.6 Å². The first kappa shape index (κ1) is 17.3. The van der Waals surface area contributed by atoms with Gasteiger partial charge in [0.1, 0.15) is 0 Å². The van der Waals surface area contributed by atoms with Gasteiger partial charge in [-0.3, -0.25) is 0 Å². The Morgan fingerprint density at radius 3 is 2.50 bits per heavy atom. The highest BCUT2D eigenvalue weighted by atomic mass is 32.2. The first-order valence-corrected chi connectivity index (χ1v) is 9.66. The number of sulfone groups is 1. The van der Waals surface area contributed by atoms with E-state index in [1.165, 1.54) is 0 Å². The molecular weight excluding hydrogens is 294 g/mol. The van der Waals surface area contributed by atoms with Gasteiger partial charge in [0.15, 0.2) is 9.84 Å². The van der Waals surface area contributed by atoms with Crippen molar-refractivity contribution in [3.8, 4) is 0 Å². The average molecular weight is 317 g/mol. The third-order valence-electron chi connectivity index (χ3n) is 2.71. The highest BCUT2D eigenvalue weighted by molar-refractivity contribution is 7.99. The molecule has 1 aromatic carbocycles. The van der Waals surface area contributed by atoms with Crippen molar-refractivity contribution in [1.82, 2.24) is 0 Å². The fourth-order valence-electron chi connectivity index (χ4n) is 1.70. The number of hydrogen-bond donors (Lipinski definition) is 2. The van der Waals surface area contributed by atoms with E-state index in [9.17, 15) is 8.42 Å². The molecule has 0 saturated heterocycles. The minimum absolute atomic E-state index is 0.196. The van der Waals surface area contributed by atoms with Crippen LogP contribution in [0.5, 0.6) is 0 Å². The largest absolute Gasteiger partial charge is 0.396 e. The zero-order valence-corrected chi connectivity index (χ0v) is 13.5. The Balaban J connectivity index is 2.39. The lowest BCUT2D eigenvalue weighted by molar-refractivity contribution is 0.296. The summed E-state index contributed by atoms with van der Waals surface area (Å²) in [5.41, 5.74) is 0.934. The lowest BCUT2D eigenvalue weighted by Crippen LogP contribution is -2.07. The number of nitrogens with one attached hydrogen (secondary N) is 1. The molecule has 1 rings (SSSR count). The van der Waals surface area contributed by atoms with Gasteiger partial charge in [0.2, 0.25) is 0 Å². The lowest BCUT2D eigenvalue weighted by atomic mass is 10.3. The van der Waals surface area contributed by atoms with E-state index in [1.54, 1.807) is 36.0 Å². The predicted octanol–water partition coefficient (Wildman–Crippen LogP) is 2.40. The van der Waals surface area contributed by atoms with Gasteiger partial charge >= 0.3 is 0 Å². The highest BCUT2D eigenvalue weighted by Gasteiger charge is 2.12. The highest BCUT2D eigenvalue weighted by Crippen LogP contribution is 2.16. The molecule has 0 fully saturated rings. The number of hydrogen-bond acceptors (Lipinski definition) is 5. The van der Waals surface area contributed by atoms with Crippen LogP contribution in [0.3, 0.4) is 0 Å². The number of benzene rings is 1. The van der Waals surface area contributed by atoms with Crippen molar-refractivity contribution < 1.29 is 13.5 Å². The Kier molecular flexibility index (Phi) is 8.02. The Hall–Kier alpha value is -0.720. The third kappa shape index (κ3) is 6.15. The number of aliphatic hydroxyl groups is 1. The molecule has 0 aliphatic heterocycles. The molecule has 4 nitrogen and oxygen atoms in total. The molecule has 114 valence electrons. The third-order valence-corrected chi connectivity index (χ3v) is 5.71. The van der Waals surface area contributed by atoms with Crippen LogP contribution in [0.25, 0.3) is 0 Å². The van der Waals surface area contributed by atoms with Crippen LogP contribution < -0.4 is 5.32 Å². The number of thioether (sulfide) groups is 1. The smallest absolute Gasteiger partial charge is 0.178 e. The van der Waals surface area contributed by atoms with Crippen LogP contribution in [0.2, 0.25) is 0 Å². The molecule has 0 radical (unpaired) electrons. The summed E-state index contributed by atoms with van der Waals surface area (Å²) in [6, 6.07) is 6.93. The minimum atomic E-state index is -3.12. The van der Waals surface area contributed by atoms with Crippen LogP contribution in [0.15, 0.2) is 29.2 Å². The van der Waals surface area contributed by atoms with Crippen molar-refractivity contribution in [2.45, 2.75) is 24.7 Å². The van der Waals surface area contributed by atoms with Crippen molar-refractivity contribution in [2.24, 2.45) is 0 Å². The van der Waals surface area contributed by atoms with Gasteiger partial charge in [-0.25, -0.2) is 8.42 Å². The molecule has 0 unspecified atom stereocenters. The molecule has 1 aromatic rings. The van der Waals surface area contributed by atoms with E-state index in [0.717, 1.165) is 30.2 Å². The van der Waals surface area contributed by atoms with Gasteiger partial charge in [0.25, 0.3) is 0 Å². The summed E-state index contributed by atoms with van der Waals surface area (Å²) in [7, 11) is -3.12. The Labute approximate surface area is 125 Å². The number of anilines is 1. The molecule has 0 spiro atoms. The molecule has 20 heavy (non-hydrogen) atoms. The van der Waals surface area contributed by atoms with E-state index in [-0.39, 0.29) is 12.4 Å². The van der Waals surface area contributed by atoms with Gasteiger partial charge in [-0.05, 0) is 42.9 Å². The molecule has 0 amide bonds. The predicted molar refractivity (Wildman–Crippen MR) is 86.3 cm³/mol. The van der Waals surface area contributed by atoms with Gasteiger partial charge in [-0.2, -0.15) is 11.8 Å². The first-order chi connectivity index (χ1) is 9.60. The molecule has 0 heterocycles. The molecular formula is C14H23NO3S2. The number of rotatable bonds is 10. The second kappa shape index (κ2) is 9.26. The second-order valence-electron chi connectivity index (χ2n) is 4.46. The summed E-state index contributed by atoms with van der Waals surface area (Å²) in [6.45, 7) is 2.94. The lowest BCUT2D eigenvalue weighted by Gasteiger charge is -2.08. The Bertz CT molecular complexity index is 472. The minimum Gasteiger partial charge on any atom is -0.396 e. The summed E-state index contributed by atoms with van der Waals surface area (Å²) in [6.07, 6.45) is 1.46. The van der Waals surface area contributed by atoms with Crippen LogP contribution in [0.4, 0.5) is 5.69 Å². The second-order valence-corrected chi connectivity index (χ2v) is 7.79. The van der Waals surface area contributed by atoms with E-state index < -0.39 is 9.84 Å². The van der Waals surface area contributed by atoms with E-state index in [0.29, 0.717) is 11.3 Å². The van der Waals surface area contributed by atoms with Crippen LogP contribution in [-0.2, 0) is 9.84 Å². The SMILES string of the molecule is CCCS(=O)(=O)c1ccc(NCCSCCCO)cc1. The van der Waals surface area contributed by atoms with Gasteiger partial charge in [-0.1, -0.05) is 6.92 Å². The molecule has 0 aliphatic rings. The summed E-state index contributed by atoms with van der Waals surface area (Å²) < 4.78 is 23.7. The van der Waals surface area contributed by atoms with Crippen LogP contribution in [-0.4, -0.2) is 43.9 Å². The number of aliphatic hydroxyl groups excluding tert-OH is 1. The van der Waals surface area contributed by atoms with Crippen molar-refractivity contribution in [3.05, 3.63) is 24.3 Å². The Morgan fingerprint density at radius 2 is 1.90 bits per heavy atom. The van der Waals surface area contributed by atoms with Gasteiger partial charge < -0.3 is 10.4 Å². The van der Waals surface area contributed by atoms with Gasteiger partial charge in [-0.15, -0.1) is 0 Å². The molecule has 0 atom stereocenters. The molecule has 0 aromatic heterocycles. The average Bonchev–Trinajstić information content (AvgIpc) is 2.43. The van der Waals surface area contributed by atoms with Gasteiger partial charge in [0, 0.05) is 24.6 Å². The Morgan fingerprint density at radius 1 is 1.20 bits per heavy atom. The fourth-order valence-corrected chi connectivity index (χ4v) is 3.81. The van der Waals surface area contributed by atoms with Crippen molar-refractivity contribution in [1.29, 1.82) is 0 Å². The normalized spacial score (nSPS) is 11.5. The van der Waals surface area contributed by atoms with Crippen molar-refractivity contribution in [3.63, 3.8) is 0 Å². The van der Waals surface area contributed by atoms with Crippen LogP contribution in [0, 0.1) is 0 Å².